The van der Waals surface area contributed by atoms with Gasteiger partial charge in [-0.15, -0.1) is 0 Å². The molecule has 2 nitrogen and oxygen atoms in total. The molecule has 0 aliphatic heterocycles. The summed E-state index contributed by atoms with van der Waals surface area (Å²) in [4.78, 5) is 0. The zero-order valence-corrected chi connectivity index (χ0v) is 13.9. The number of hydrogen-bond donors (Lipinski definition) is 1. The van der Waals surface area contributed by atoms with E-state index in [0.717, 1.165) is 23.3 Å². The summed E-state index contributed by atoms with van der Waals surface area (Å²) in [5.74, 6) is 0.888. The Morgan fingerprint density at radius 1 is 1.14 bits per heavy atom. The standard InChI is InChI=1S/C17H19Cl2NO/c1-11-4-7-14(17(8-11)21-3)16(20-2)9-12-5-6-13(18)10-15(12)19/h4-8,10,16,20H,9H2,1-3H3. The van der Waals surface area contributed by atoms with Crippen LogP contribution in [0.1, 0.15) is 22.7 Å². The van der Waals surface area contributed by atoms with Gasteiger partial charge < -0.3 is 10.1 Å². The lowest BCUT2D eigenvalue weighted by Gasteiger charge is -2.20. The summed E-state index contributed by atoms with van der Waals surface area (Å²) in [5.41, 5.74) is 3.36. The van der Waals surface area contributed by atoms with E-state index >= 15 is 0 Å². The van der Waals surface area contributed by atoms with Crippen molar-refractivity contribution in [3.63, 3.8) is 0 Å². The zero-order chi connectivity index (χ0) is 15.4. The molecule has 1 unspecified atom stereocenters. The number of benzene rings is 2. The third kappa shape index (κ3) is 3.91. The van der Waals surface area contributed by atoms with Gasteiger partial charge in [0.15, 0.2) is 0 Å². The maximum atomic E-state index is 6.27. The van der Waals surface area contributed by atoms with E-state index in [4.69, 9.17) is 27.9 Å². The summed E-state index contributed by atoms with van der Waals surface area (Å²) in [6, 6.07) is 12.0. The maximum absolute atomic E-state index is 6.27. The first kappa shape index (κ1) is 16.2. The van der Waals surface area contributed by atoms with E-state index in [0.29, 0.717) is 10.0 Å². The van der Waals surface area contributed by atoms with Gasteiger partial charge in [-0.2, -0.15) is 0 Å². The molecule has 0 radical (unpaired) electrons. The first-order valence-corrected chi connectivity index (χ1v) is 7.56. The van der Waals surface area contributed by atoms with Crippen LogP contribution in [0, 0.1) is 6.92 Å². The molecular formula is C17H19Cl2NO. The van der Waals surface area contributed by atoms with Crippen molar-refractivity contribution in [1.82, 2.24) is 5.32 Å². The Morgan fingerprint density at radius 3 is 2.52 bits per heavy atom. The Balaban J connectivity index is 2.32. The quantitative estimate of drug-likeness (QED) is 0.852. The average molecular weight is 324 g/mol. The molecule has 0 saturated heterocycles. The van der Waals surface area contributed by atoms with Gasteiger partial charge in [0, 0.05) is 21.7 Å². The van der Waals surface area contributed by atoms with Crippen LogP contribution in [0.3, 0.4) is 0 Å². The number of ether oxygens (including phenoxy) is 1. The smallest absolute Gasteiger partial charge is 0.123 e. The van der Waals surface area contributed by atoms with Crippen LogP contribution in [0.4, 0.5) is 0 Å². The number of aryl methyl sites for hydroxylation is 1. The van der Waals surface area contributed by atoms with Crippen LogP contribution in [0.5, 0.6) is 5.75 Å². The van der Waals surface area contributed by atoms with E-state index in [2.05, 4.69) is 24.4 Å². The van der Waals surface area contributed by atoms with Crippen molar-refractivity contribution in [2.45, 2.75) is 19.4 Å². The van der Waals surface area contributed by atoms with Gasteiger partial charge in [-0.05, 0) is 49.7 Å². The summed E-state index contributed by atoms with van der Waals surface area (Å²) < 4.78 is 5.50. The first-order valence-electron chi connectivity index (χ1n) is 6.81. The van der Waals surface area contributed by atoms with Gasteiger partial charge >= 0.3 is 0 Å². The van der Waals surface area contributed by atoms with Gasteiger partial charge in [-0.1, -0.05) is 41.4 Å². The van der Waals surface area contributed by atoms with Crippen LogP contribution < -0.4 is 10.1 Å². The van der Waals surface area contributed by atoms with Crippen molar-refractivity contribution in [3.05, 3.63) is 63.1 Å². The minimum absolute atomic E-state index is 0.124. The van der Waals surface area contributed by atoms with Crippen molar-refractivity contribution in [2.24, 2.45) is 0 Å². The molecule has 0 saturated carbocycles. The average Bonchev–Trinajstić information content (AvgIpc) is 2.47. The van der Waals surface area contributed by atoms with E-state index in [1.54, 1.807) is 13.2 Å². The number of hydrogen-bond acceptors (Lipinski definition) is 2. The monoisotopic (exact) mass is 323 g/mol. The molecule has 0 fully saturated rings. The Labute approximate surface area is 136 Å². The van der Waals surface area contributed by atoms with Crippen LogP contribution in [0.15, 0.2) is 36.4 Å². The second-order valence-corrected chi connectivity index (χ2v) is 5.87. The van der Waals surface area contributed by atoms with Crippen LogP contribution in [-0.4, -0.2) is 14.2 Å². The van der Waals surface area contributed by atoms with Crippen LogP contribution in [-0.2, 0) is 6.42 Å². The van der Waals surface area contributed by atoms with E-state index in [1.165, 1.54) is 5.56 Å². The largest absolute Gasteiger partial charge is 0.496 e. The lowest BCUT2D eigenvalue weighted by Crippen LogP contribution is -2.19. The second-order valence-electron chi connectivity index (χ2n) is 5.03. The van der Waals surface area contributed by atoms with Crippen LogP contribution >= 0.6 is 23.2 Å². The summed E-state index contributed by atoms with van der Waals surface area (Å²) in [5, 5.41) is 4.67. The molecular weight excluding hydrogens is 305 g/mol. The Hall–Kier alpha value is -1.22. The highest BCUT2D eigenvalue weighted by atomic mass is 35.5. The van der Waals surface area contributed by atoms with Gasteiger partial charge in [0.25, 0.3) is 0 Å². The fourth-order valence-corrected chi connectivity index (χ4v) is 2.87. The molecule has 21 heavy (non-hydrogen) atoms. The lowest BCUT2D eigenvalue weighted by molar-refractivity contribution is 0.401. The van der Waals surface area contributed by atoms with Gasteiger partial charge in [0.2, 0.25) is 0 Å². The maximum Gasteiger partial charge on any atom is 0.123 e. The van der Waals surface area contributed by atoms with Crippen molar-refractivity contribution >= 4 is 23.2 Å². The number of likely N-dealkylation sites (N-methyl/N-ethyl adjacent to an activating group) is 1. The Kier molecular flexibility index (Phi) is 5.51. The molecule has 0 aromatic heterocycles. The van der Waals surface area contributed by atoms with E-state index < -0.39 is 0 Å². The van der Waals surface area contributed by atoms with Gasteiger partial charge in [-0.3, -0.25) is 0 Å². The highest BCUT2D eigenvalue weighted by molar-refractivity contribution is 6.35. The third-order valence-electron chi connectivity index (χ3n) is 3.55. The van der Waals surface area contributed by atoms with Gasteiger partial charge in [-0.25, -0.2) is 0 Å². The molecule has 0 heterocycles. The molecule has 0 bridgehead atoms. The van der Waals surface area contributed by atoms with E-state index in [1.807, 2.05) is 25.2 Å². The Bertz CT molecular complexity index is 628. The molecule has 0 amide bonds. The highest BCUT2D eigenvalue weighted by Crippen LogP contribution is 2.31. The number of halogens is 2. The molecule has 0 spiro atoms. The molecule has 0 aliphatic carbocycles. The molecule has 2 rings (SSSR count). The molecule has 1 atom stereocenters. The molecule has 0 aliphatic rings. The highest BCUT2D eigenvalue weighted by Gasteiger charge is 2.16. The summed E-state index contributed by atoms with van der Waals surface area (Å²) in [6.45, 7) is 2.05. The summed E-state index contributed by atoms with van der Waals surface area (Å²) >= 11 is 12.2. The van der Waals surface area contributed by atoms with Crippen molar-refractivity contribution in [2.75, 3.05) is 14.2 Å². The minimum Gasteiger partial charge on any atom is -0.496 e. The van der Waals surface area contributed by atoms with Crippen LogP contribution in [0.2, 0.25) is 10.0 Å². The predicted octanol–water partition coefficient (Wildman–Crippen LogP) is 4.81. The summed E-state index contributed by atoms with van der Waals surface area (Å²) in [6.07, 6.45) is 0.770. The van der Waals surface area contributed by atoms with Crippen molar-refractivity contribution in [3.8, 4) is 5.75 Å². The fourth-order valence-electron chi connectivity index (χ4n) is 2.38. The third-order valence-corrected chi connectivity index (χ3v) is 4.14. The predicted molar refractivity (Wildman–Crippen MR) is 89.7 cm³/mol. The zero-order valence-electron chi connectivity index (χ0n) is 12.4. The first-order chi connectivity index (χ1) is 10.0. The van der Waals surface area contributed by atoms with Crippen molar-refractivity contribution < 1.29 is 4.74 Å². The number of methoxy groups -OCH3 is 1. The number of rotatable bonds is 5. The normalized spacial score (nSPS) is 12.2. The molecule has 1 N–H and O–H groups in total. The van der Waals surface area contributed by atoms with Gasteiger partial charge in [0.1, 0.15) is 5.75 Å². The Morgan fingerprint density at radius 2 is 1.90 bits per heavy atom. The van der Waals surface area contributed by atoms with Crippen molar-refractivity contribution in [1.29, 1.82) is 0 Å². The molecule has 4 heteroatoms. The minimum atomic E-state index is 0.124. The van der Waals surface area contributed by atoms with Crippen LogP contribution in [0.25, 0.3) is 0 Å². The second kappa shape index (κ2) is 7.17. The summed E-state index contributed by atoms with van der Waals surface area (Å²) in [7, 11) is 3.63. The topological polar surface area (TPSA) is 21.3 Å². The molecule has 2 aromatic rings. The van der Waals surface area contributed by atoms with E-state index in [9.17, 15) is 0 Å². The fraction of sp³-hybridized carbons (Fsp3) is 0.294. The lowest BCUT2D eigenvalue weighted by atomic mass is 9.97. The van der Waals surface area contributed by atoms with E-state index in [-0.39, 0.29) is 6.04 Å². The molecule has 112 valence electrons. The SMILES string of the molecule is CNC(Cc1ccc(Cl)cc1Cl)c1ccc(C)cc1OC. The van der Waals surface area contributed by atoms with Gasteiger partial charge in [0.05, 0.1) is 7.11 Å². The number of nitrogens with one attached hydrogen (secondary N) is 1. The molecule has 2 aromatic carbocycles.